The van der Waals surface area contributed by atoms with Gasteiger partial charge < -0.3 is 10.0 Å². The molecule has 2 aromatic heterocycles. The van der Waals surface area contributed by atoms with E-state index in [4.69, 9.17) is 0 Å². The molecule has 1 aliphatic carbocycles. The summed E-state index contributed by atoms with van der Waals surface area (Å²) in [6.45, 7) is 6.85. The van der Waals surface area contributed by atoms with Crippen molar-refractivity contribution in [3.63, 3.8) is 0 Å². The number of phenolic OH excluding ortho intramolecular Hbond substituents is 1. The number of hydrogen-bond donors (Lipinski definition) is 1. The minimum atomic E-state index is -0.442. The summed E-state index contributed by atoms with van der Waals surface area (Å²) >= 11 is 0. The number of likely N-dealkylation sites (tertiary alicyclic amines) is 1. The largest absolute Gasteiger partial charge is 0.507 e. The molecule has 0 bridgehead atoms. The molecule has 0 radical (unpaired) electrons. The zero-order valence-electron chi connectivity index (χ0n) is 19.7. The maximum atomic E-state index is 12.9. The highest BCUT2D eigenvalue weighted by molar-refractivity contribution is 5.67. The normalized spacial score (nSPS) is 20.3. The van der Waals surface area contributed by atoms with Gasteiger partial charge >= 0.3 is 0 Å². The van der Waals surface area contributed by atoms with Crippen LogP contribution in [0.5, 0.6) is 5.75 Å². The number of phenols is 1. The van der Waals surface area contributed by atoms with Crippen molar-refractivity contribution in [2.45, 2.75) is 52.4 Å². The third-order valence-corrected chi connectivity index (χ3v) is 6.98. The Bertz CT molecular complexity index is 1060. The van der Waals surface area contributed by atoms with E-state index in [9.17, 15) is 9.50 Å². The highest BCUT2D eigenvalue weighted by Gasteiger charge is 2.36. The van der Waals surface area contributed by atoms with Crippen molar-refractivity contribution in [2.75, 3.05) is 20.1 Å². The molecule has 3 heterocycles. The Balaban J connectivity index is 0.000000172. The van der Waals surface area contributed by atoms with Crippen LogP contribution in [0.3, 0.4) is 0 Å². The van der Waals surface area contributed by atoms with Crippen LogP contribution in [0.1, 0.15) is 51.3 Å². The van der Waals surface area contributed by atoms with Gasteiger partial charge in [0.25, 0.3) is 0 Å². The summed E-state index contributed by atoms with van der Waals surface area (Å²) < 4.78 is 14.3. The summed E-state index contributed by atoms with van der Waals surface area (Å²) in [4.78, 5) is 6.52. The molecule has 1 aromatic carbocycles. The highest BCUT2D eigenvalue weighted by Crippen LogP contribution is 2.46. The fraction of sp³-hybridized carbons (Fsp3) is 0.520. The Morgan fingerprint density at radius 2 is 1.91 bits per heavy atom. The fourth-order valence-corrected chi connectivity index (χ4v) is 5.09. The molecule has 7 nitrogen and oxygen atoms in total. The van der Waals surface area contributed by atoms with E-state index >= 15 is 0 Å². The summed E-state index contributed by atoms with van der Waals surface area (Å²) in [6.07, 6.45) is 12.8. The zero-order chi connectivity index (χ0) is 23.4. The fourth-order valence-electron chi connectivity index (χ4n) is 5.09. The van der Waals surface area contributed by atoms with E-state index in [2.05, 4.69) is 39.2 Å². The molecule has 1 saturated heterocycles. The average molecular weight is 453 g/mol. The SMILES string of the molecule is CC1CCCC2(CCN(C)CC2)C1.Cc1ncc(-c2ccc(-n3cc(F)cn3)cc2O)nn1. The van der Waals surface area contributed by atoms with Gasteiger partial charge in [-0.1, -0.05) is 19.8 Å². The van der Waals surface area contributed by atoms with Gasteiger partial charge in [0.05, 0.1) is 24.3 Å². The number of aryl methyl sites for hydroxylation is 1. The average Bonchev–Trinajstić information content (AvgIpc) is 3.24. The first kappa shape index (κ1) is 23.3. The van der Waals surface area contributed by atoms with Gasteiger partial charge in [0, 0.05) is 11.6 Å². The Hall–Kier alpha value is -2.87. The van der Waals surface area contributed by atoms with Crippen LogP contribution in [0, 0.1) is 24.1 Å². The Morgan fingerprint density at radius 3 is 2.52 bits per heavy atom. The van der Waals surface area contributed by atoms with Crippen LogP contribution in [0.4, 0.5) is 4.39 Å². The maximum Gasteiger partial charge on any atom is 0.161 e. The molecule has 1 spiro atoms. The third-order valence-electron chi connectivity index (χ3n) is 6.98. The van der Waals surface area contributed by atoms with Crippen LogP contribution < -0.4 is 0 Å². The number of halogens is 1. The van der Waals surface area contributed by atoms with Crippen molar-refractivity contribution in [1.82, 2.24) is 29.9 Å². The first-order valence-corrected chi connectivity index (χ1v) is 11.7. The summed E-state index contributed by atoms with van der Waals surface area (Å²) in [6, 6.07) is 4.83. The molecule has 1 atom stereocenters. The van der Waals surface area contributed by atoms with Gasteiger partial charge in [0.2, 0.25) is 0 Å². The van der Waals surface area contributed by atoms with Crippen molar-refractivity contribution >= 4 is 0 Å². The standard InChI is InChI=1S/C13H10FN5O.C12H23N/c1-8-15-6-12(18-17-8)11-3-2-10(4-13(11)20)19-7-9(14)5-16-19;1-11-4-3-5-12(10-11)6-8-13(2)9-7-12/h2-7,20H,1H3;11H,3-10H2,1-2H3. The topological polar surface area (TPSA) is 80.0 Å². The molecule has 1 unspecified atom stereocenters. The Morgan fingerprint density at radius 1 is 1.12 bits per heavy atom. The van der Waals surface area contributed by atoms with Gasteiger partial charge in [-0.05, 0) is 76.2 Å². The molecular weight excluding hydrogens is 419 g/mol. The molecule has 1 aliphatic heterocycles. The molecule has 8 heteroatoms. The highest BCUT2D eigenvalue weighted by atomic mass is 19.1. The van der Waals surface area contributed by atoms with Crippen molar-refractivity contribution in [3.05, 3.63) is 48.4 Å². The van der Waals surface area contributed by atoms with E-state index in [0.29, 0.717) is 22.8 Å². The number of aromatic nitrogens is 5. The quantitative estimate of drug-likeness (QED) is 0.602. The van der Waals surface area contributed by atoms with Crippen molar-refractivity contribution in [2.24, 2.45) is 11.3 Å². The number of aromatic hydroxyl groups is 1. The number of rotatable bonds is 2. The molecule has 0 amide bonds. The van der Waals surface area contributed by atoms with Crippen LogP contribution in [0.15, 0.2) is 36.8 Å². The lowest BCUT2D eigenvalue weighted by Crippen LogP contribution is -2.40. The molecule has 3 aromatic rings. The third kappa shape index (κ3) is 5.74. The van der Waals surface area contributed by atoms with Crippen molar-refractivity contribution in [3.8, 4) is 22.7 Å². The summed E-state index contributed by atoms with van der Waals surface area (Å²) in [5.74, 6) is 1.11. The van der Waals surface area contributed by atoms with Gasteiger partial charge in [-0.25, -0.2) is 14.1 Å². The molecule has 2 fully saturated rings. The second-order valence-electron chi connectivity index (χ2n) is 9.70. The molecule has 1 N–H and O–H groups in total. The van der Waals surface area contributed by atoms with Gasteiger partial charge in [-0.2, -0.15) is 5.10 Å². The smallest absolute Gasteiger partial charge is 0.161 e. The predicted octanol–water partition coefficient (Wildman–Crippen LogP) is 4.79. The molecule has 33 heavy (non-hydrogen) atoms. The van der Waals surface area contributed by atoms with Crippen molar-refractivity contribution in [1.29, 1.82) is 0 Å². The minimum absolute atomic E-state index is 0.00152. The van der Waals surface area contributed by atoms with E-state index in [1.807, 2.05) is 0 Å². The molecule has 1 saturated carbocycles. The second kappa shape index (κ2) is 9.95. The summed E-state index contributed by atoms with van der Waals surface area (Å²) in [5, 5.41) is 21.7. The monoisotopic (exact) mass is 452 g/mol. The lowest BCUT2D eigenvalue weighted by Gasteiger charge is -2.45. The molecular formula is C25H33FN6O. The lowest BCUT2D eigenvalue weighted by atomic mass is 9.65. The Kier molecular flexibility index (Phi) is 7.02. The maximum absolute atomic E-state index is 12.9. The summed E-state index contributed by atoms with van der Waals surface area (Å²) in [7, 11) is 2.26. The van der Waals surface area contributed by atoms with E-state index in [0.717, 1.165) is 17.5 Å². The van der Waals surface area contributed by atoms with E-state index < -0.39 is 5.82 Å². The lowest BCUT2D eigenvalue weighted by molar-refractivity contribution is 0.0594. The van der Waals surface area contributed by atoms with Gasteiger partial charge in [-0.15, -0.1) is 10.2 Å². The first-order valence-electron chi connectivity index (χ1n) is 11.7. The Labute approximate surface area is 194 Å². The van der Waals surface area contributed by atoms with Crippen LogP contribution in [-0.2, 0) is 0 Å². The molecule has 5 rings (SSSR count). The van der Waals surface area contributed by atoms with Gasteiger partial charge in [-0.3, -0.25) is 0 Å². The molecule has 2 aliphatic rings. The zero-order valence-corrected chi connectivity index (χ0v) is 19.7. The van der Waals surface area contributed by atoms with Crippen molar-refractivity contribution < 1.29 is 9.50 Å². The van der Waals surface area contributed by atoms with E-state index in [1.54, 1.807) is 19.1 Å². The van der Waals surface area contributed by atoms with Crippen LogP contribution >= 0.6 is 0 Å². The predicted molar refractivity (Wildman–Crippen MR) is 126 cm³/mol. The summed E-state index contributed by atoms with van der Waals surface area (Å²) in [5.41, 5.74) is 2.28. The molecule has 176 valence electrons. The van der Waals surface area contributed by atoms with E-state index in [1.165, 1.54) is 74.8 Å². The first-order chi connectivity index (χ1) is 15.8. The van der Waals surface area contributed by atoms with Crippen LogP contribution in [0.25, 0.3) is 16.9 Å². The number of hydrogen-bond acceptors (Lipinski definition) is 6. The van der Waals surface area contributed by atoms with Gasteiger partial charge in [0.15, 0.2) is 5.82 Å². The van der Waals surface area contributed by atoms with E-state index in [-0.39, 0.29) is 5.75 Å². The number of benzene rings is 1. The second-order valence-corrected chi connectivity index (χ2v) is 9.70. The minimum Gasteiger partial charge on any atom is -0.507 e. The number of nitrogens with zero attached hydrogens (tertiary/aromatic N) is 6. The van der Waals surface area contributed by atoms with Gasteiger partial charge in [0.1, 0.15) is 17.3 Å². The van der Waals surface area contributed by atoms with Crippen LogP contribution in [-0.4, -0.2) is 55.1 Å². The number of piperidine rings is 1. The van der Waals surface area contributed by atoms with Crippen LogP contribution in [0.2, 0.25) is 0 Å².